The Morgan fingerprint density at radius 1 is 1.29 bits per heavy atom. The molecule has 0 bridgehead atoms. The Bertz CT molecular complexity index is 515. The Morgan fingerprint density at radius 3 is 2.76 bits per heavy atom. The summed E-state index contributed by atoms with van der Waals surface area (Å²) in [7, 11) is 1.51. The van der Waals surface area contributed by atoms with Crippen molar-refractivity contribution in [3.05, 3.63) is 36.4 Å². The summed E-state index contributed by atoms with van der Waals surface area (Å²) in [5.74, 6) is 0.870. The molecular weight excluding hydrogens is 223 g/mol. The lowest BCUT2D eigenvalue weighted by Crippen LogP contribution is -1.99. The molecule has 5 nitrogen and oxygen atoms in total. The third-order valence-corrected chi connectivity index (χ3v) is 2.11. The molecule has 0 aliphatic rings. The van der Waals surface area contributed by atoms with Gasteiger partial charge in [-0.3, -0.25) is 0 Å². The van der Waals surface area contributed by atoms with E-state index in [4.69, 9.17) is 10.5 Å². The Labute approximate surface area is 97.5 Å². The standard InChI is InChI=1S/C11H11FN4O/c1-17-7-2-3-8(12)9(4-7)16-11-6-14-10(13)5-15-11/h2-6H,1H3,(H2,13,14)(H,15,16). The largest absolute Gasteiger partial charge is 0.497 e. The number of nitrogens with one attached hydrogen (secondary N) is 1. The number of methoxy groups -OCH3 is 1. The summed E-state index contributed by atoms with van der Waals surface area (Å²) in [6.07, 6.45) is 2.81. The zero-order valence-electron chi connectivity index (χ0n) is 9.14. The number of ether oxygens (including phenoxy) is 1. The van der Waals surface area contributed by atoms with Crippen molar-refractivity contribution in [2.75, 3.05) is 18.2 Å². The fourth-order valence-corrected chi connectivity index (χ4v) is 1.27. The van der Waals surface area contributed by atoms with Crippen LogP contribution in [0.5, 0.6) is 5.75 Å². The molecule has 0 unspecified atom stereocenters. The molecule has 0 saturated heterocycles. The van der Waals surface area contributed by atoms with E-state index in [1.54, 1.807) is 0 Å². The fourth-order valence-electron chi connectivity index (χ4n) is 1.27. The van der Waals surface area contributed by atoms with Gasteiger partial charge in [-0.2, -0.15) is 0 Å². The highest BCUT2D eigenvalue weighted by Crippen LogP contribution is 2.23. The van der Waals surface area contributed by atoms with E-state index in [0.29, 0.717) is 17.4 Å². The maximum absolute atomic E-state index is 13.5. The molecule has 0 fully saturated rings. The second-order valence-electron chi connectivity index (χ2n) is 3.30. The SMILES string of the molecule is COc1ccc(F)c(Nc2cnc(N)cn2)c1. The van der Waals surface area contributed by atoms with Crippen LogP contribution in [0.2, 0.25) is 0 Å². The number of benzene rings is 1. The minimum absolute atomic E-state index is 0.267. The van der Waals surface area contributed by atoms with E-state index in [2.05, 4.69) is 15.3 Å². The summed E-state index contributed by atoms with van der Waals surface area (Å²) in [4.78, 5) is 7.81. The average Bonchev–Trinajstić information content (AvgIpc) is 2.35. The van der Waals surface area contributed by atoms with Gasteiger partial charge in [-0.1, -0.05) is 0 Å². The van der Waals surface area contributed by atoms with Crippen LogP contribution in [0.1, 0.15) is 0 Å². The van der Waals surface area contributed by atoms with Crippen LogP contribution >= 0.6 is 0 Å². The van der Waals surface area contributed by atoms with E-state index in [-0.39, 0.29) is 5.69 Å². The lowest BCUT2D eigenvalue weighted by Gasteiger charge is -2.08. The number of anilines is 3. The van der Waals surface area contributed by atoms with Crippen LogP contribution in [0, 0.1) is 5.82 Å². The van der Waals surface area contributed by atoms with Crippen LogP contribution in [0.4, 0.5) is 21.7 Å². The van der Waals surface area contributed by atoms with E-state index < -0.39 is 5.82 Å². The second-order valence-corrected chi connectivity index (χ2v) is 3.30. The second kappa shape index (κ2) is 4.65. The minimum Gasteiger partial charge on any atom is -0.497 e. The third-order valence-electron chi connectivity index (χ3n) is 2.11. The van der Waals surface area contributed by atoms with Crippen molar-refractivity contribution in [2.45, 2.75) is 0 Å². The molecule has 3 N–H and O–H groups in total. The highest BCUT2D eigenvalue weighted by atomic mass is 19.1. The predicted octanol–water partition coefficient (Wildman–Crippen LogP) is 1.95. The van der Waals surface area contributed by atoms with Gasteiger partial charge in [0.1, 0.15) is 23.2 Å². The summed E-state index contributed by atoms with van der Waals surface area (Å²) < 4.78 is 18.5. The molecule has 0 spiro atoms. The van der Waals surface area contributed by atoms with Crippen molar-refractivity contribution in [3.8, 4) is 5.75 Å². The monoisotopic (exact) mass is 234 g/mol. The van der Waals surface area contributed by atoms with Crippen molar-refractivity contribution in [2.24, 2.45) is 0 Å². The van der Waals surface area contributed by atoms with Crippen molar-refractivity contribution >= 4 is 17.3 Å². The van der Waals surface area contributed by atoms with Gasteiger partial charge < -0.3 is 15.8 Å². The molecule has 17 heavy (non-hydrogen) atoms. The van der Waals surface area contributed by atoms with Gasteiger partial charge in [-0.25, -0.2) is 14.4 Å². The van der Waals surface area contributed by atoms with Gasteiger partial charge in [0.05, 0.1) is 25.2 Å². The first kappa shape index (κ1) is 11.1. The number of nitrogen functional groups attached to an aromatic ring is 1. The zero-order valence-corrected chi connectivity index (χ0v) is 9.14. The summed E-state index contributed by atoms with van der Waals surface area (Å²) in [6.45, 7) is 0. The maximum atomic E-state index is 13.5. The number of hydrogen-bond donors (Lipinski definition) is 2. The van der Waals surface area contributed by atoms with Crippen LogP contribution in [-0.2, 0) is 0 Å². The number of nitrogens with zero attached hydrogens (tertiary/aromatic N) is 2. The predicted molar refractivity (Wildman–Crippen MR) is 62.7 cm³/mol. The molecule has 0 radical (unpaired) electrons. The van der Waals surface area contributed by atoms with Crippen LogP contribution in [0.3, 0.4) is 0 Å². The Morgan fingerprint density at radius 2 is 2.12 bits per heavy atom. The molecule has 1 heterocycles. The number of nitrogens with two attached hydrogens (primary N) is 1. The van der Waals surface area contributed by atoms with Crippen LogP contribution in [0.25, 0.3) is 0 Å². The van der Waals surface area contributed by atoms with Crippen LogP contribution in [0.15, 0.2) is 30.6 Å². The molecule has 2 aromatic rings. The average molecular weight is 234 g/mol. The molecule has 6 heteroatoms. The fraction of sp³-hybridized carbons (Fsp3) is 0.0909. The van der Waals surface area contributed by atoms with Gasteiger partial charge in [-0.15, -0.1) is 0 Å². The van der Waals surface area contributed by atoms with Gasteiger partial charge in [0.15, 0.2) is 0 Å². The minimum atomic E-state index is -0.399. The Kier molecular flexibility index (Phi) is 3.04. The number of aromatic nitrogens is 2. The summed E-state index contributed by atoms with van der Waals surface area (Å²) >= 11 is 0. The topological polar surface area (TPSA) is 73.1 Å². The van der Waals surface area contributed by atoms with Gasteiger partial charge in [0, 0.05) is 6.07 Å². The van der Waals surface area contributed by atoms with Gasteiger partial charge in [0.25, 0.3) is 0 Å². The van der Waals surface area contributed by atoms with Gasteiger partial charge in [0.2, 0.25) is 0 Å². The van der Waals surface area contributed by atoms with Crippen molar-refractivity contribution in [3.63, 3.8) is 0 Å². The number of halogens is 1. The first-order chi connectivity index (χ1) is 8.19. The Balaban J connectivity index is 2.25. The molecule has 1 aromatic carbocycles. The first-order valence-corrected chi connectivity index (χ1v) is 4.87. The van der Waals surface area contributed by atoms with Gasteiger partial charge >= 0.3 is 0 Å². The summed E-state index contributed by atoms with van der Waals surface area (Å²) in [5.41, 5.74) is 5.67. The van der Waals surface area contributed by atoms with Crippen molar-refractivity contribution in [1.29, 1.82) is 0 Å². The van der Waals surface area contributed by atoms with E-state index in [0.717, 1.165) is 0 Å². The van der Waals surface area contributed by atoms with Crippen molar-refractivity contribution in [1.82, 2.24) is 9.97 Å². The molecule has 0 amide bonds. The maximum Gasteiger partial charge on any atom is 0.149 e. The molecule has 2 rings (SSSR count). The van der Waals surface area contributed by atoms with Crippen molar-refractivity contribution < 1.29 is 9.13 Å². The normalized spacial score (nSPS) is 10.0. The van der Waals surface area contributed by atoms with Crippen LogP contribution in [-0.4, -0.2) is 17.1 Å². The molecule has 0 aliphatic heterocycles. The van der Waals surface area contributed by atoms with E-state index in [1.807, 2.05) is 0 Å². The third kappa shape index (κ3) is 2.60. The molecule has 0 saturated carbocycles. The Hall–Kier alpha value is -2.37. The van der Waals surface area contributed by atoms with Crippen LogP contribution < -0.4 is 15.8 Å². The zero-order chi connectivity index (χ0) is 12.3. The molecule has 0 atom stereocenters. The lowest BCUT2D eigenvalue weighted by molar-refractivity contribution is 0.414. The first-order valence-electron chi connectivity index (χ1n) is 4.87. The number of rotatable bonds is 3. The van der Waals surface area contributed by atoms with Gasteiger partial charge in [-0.05, 0) is 12.1 Å². The highest BCUT2D eigenvalue weighted by molar-refractivity contribution is 5.58. The molecule has 1 aromatic heterocycles. The highest BCUT2D eigenvalue weighted by Gasteiger charge is 2.05. The summed E-state index contributed by atoms with van der Waals surface area (Å²) in [6, 6.07) is 4.38. The molecular formula is C11H11FN4O. The smallest absolute Gasteiger partial charge is 0.149 e. The van der Waals surface area contributed by atoms with E-state index in [9.17, 15) is 4.39 Å². The van der Waals surface area contributed by atoms with E-state index >= 15 is 0 Å². The van der Waals surface area contributed by atoms with E-state index in [1.165, 1.54) is 37.7 Å². The quantitative estimate of drug-likeness (QED) is 0.849. The number of hydrogen-bond acceptors (Lipinski definition) is 5. The molecule has 88 valence electrons. The lowest BCUT2D eigenvalue weighted by atomic mass is 10.3. The molecule has 0 aliphatic carbocycles. The summed E-state index contributed by atoms with van der Waals surface area (Å²) in [5, 5.41) is 2.79.